The Hall–Kier alpha value is -4.10. The minimum Gasteiger partial charge on any atom is -0.488 e. The molecule has 0 bridgehead atoms. The van der Waals surface area contributed by atoms with Crippen LogP contribution in [-0.2, 0) is 37.0 Å². The molecule has 238 valence electrons. The zero-order valence-electron chi connectivity index (χ0n) is 24.1. The SMILES string of the molecule is C[C@H]1c2cc(OCc3ccc(C(F)F)cc3F)c(C(F)(F)F)cc2CCN1Cc1nc2ccc(C(=O)O)cc2n1C[C@@H]1CCO1. The highest BCUT2D eigenvalue weighted by molar-refractivity contribution is 5.92. The number of hydrogen-bond acceptors (Lipinski definition) is 5. The van der Waals surface area contributed by atoms with Crippen LogP contribution in [0.15, 0.2) is 48.5 Å². The van der Waals surface area contributed by atoms with Gasteiger partial charge in [0.1, 0.15) is 24.0 Å². The van der Waals surface area contributed by atoms with Crippen LogP contribution in [0.1, 0.15) is 69.8 Å². The lowest BCUT2D eigenvalue weighted by Gasteiger charge is -2.36. The van der Waals surface area contributed by atoms with Gasteiger partial charge < -0.3 is 19.1 Å². The highest BCUT2D eigenvalue weighted by Crippen LogP contribution is 2.42. The number of carboxylic acids is 1. The van der Waals surface area contributed by atoms with Gasteiger partial charge in [-0.1, -0.05) is 12.1 Å². The molecular weight excluding hydrogens is 604 g/mol. The van der Waals surface area contributed by atoms with Gasteiger partial charge in [-0.05, 0) is 67.3 Å². The molecule has 3 aromatic carbocycles. The Bertz CT molecular complexity index is 1750. The quantitative estimate of drug-likeness (QED) is 0.195. The van der Waals surface area contributed by atoms with Gasteiger partial charge in [0.25, 0.3) is 6.43 Å². The predicted octanol–water partition coefficient (Wildman–Crippen LogP) is 7.32. The molecular formula is C32H29F6N3O4. The maximum Gasteiger partial charge on any atom is 0.419 e. The van der Waals surface area contributed by atoms with Crippen molar-refractivity contribution >= 4 is 17.0 Å². The second-order valence-corrected chi connectivity index (χ2v) is 11.3. The number of rotatable bonds is 9. The second-order valence-electron chi connectivity index (χ2n) is 11.3. The Labute approximate surface area is 254 Å². The average Bonchev–Trinajstić information content (AvgIpc) is 3.30. The first kappa shape index (κ1) is 30.9. The van der Waals surface area contributed by atoms with E-state index in [-0.39, 0.29) is 23.3 Å². The predicted molar refractivity (Wildman–Crippen MR) is 151 cm³/mol. The molecule has 13 heteroatoms. The number of benzene rings is 3. The van der Waals surface area contributed by atoms with Crippen LogP contribution in [0.2, 0.25) is 0 Å². The fourth-order valence-electron chi connectivity index (χ4n) is 5.87. The standard InChI is InChI=1S/C32H29F6N3O4/c1-17-23-13-28(45-16-21-3-2-19(30(34)35)11-25(21)33)24(32(36,37)38)10-18(23)6-8-40(17)15-29-39-26-5-4-20(31(42)43)12-27(26)41(29)14-22-7-9-44-22/h2-5,10-13,17,22,30H,6-9,14-16H2,1H3,(H,42,43)/t17-,22-/m0/s1. The summed E-state index contributed by atoms with van der Waals surface area (Å²) < 4.78 is 95.6. The first-order valence-corrected chi connectivity index (χ1v) is 14.4. The third-order valence-corrected chi connectivity index (χ3v) is 8.52. The maximum absolute atomic E-state index is 14.4. The van der Waals surface area contributed by atoms with E-state index in [0.29, 0.717) is 66.7 Å². The van der Waals surface area contributed by atoms with Gasteiger partial charge in [-0.3, -0.25) is 4.90 Å². The van der Waals surface area contributed by atoms with Crippen molar-refractivity contribution in [2.45, 2.75) is 64.2 Å². The summed E-state index contributed by atoms with van der Waals surface area (Å²) in [4.78, 5) is 18.5. The molecule has 6 rings (SSSR count). The Kier molecular flexibility index (Phi) is 8.25. The van der Waals surface area contributed by atoms with Crippen LogP contribution in [0.25, 0.3) is 11.0 Å². The van der Waals surface area contributed by atoms with E-state index in [9.17, 15) is 36.2 Å². The monoisotopic (exact) mass is 633 g/mol. The Morgan fingerprint density at radius 3 is 2.58 bits per heavy atom. The first-order valence-electron chi connectivity index (χ1n) is 14.4. The molecule has 1 aromatic heterocycles. The summed E-state index contributed by atoms with van der Waals surface area (Å²) in [5, 5.41) is 9.52. The molecule has 0 unspecified atom stereocenters. The van der Waals surface area contributed by atoms with Gasteiger partial charge in [-0.25, -0.2) is 22.9 Å². The van der Waals surface area contributed by atoms with E-state index in [4.69, 9.17) is 14.5 Å². The van der Waals surface area contributed by atoms with Crippen molar-refractivity contribution in [3.8, 4) is 5.75 Å². The zero-order chi connectivity index (χ0) is 32.0. The normalized spacial score (nSPS) is 18.7. The molecule has 1 fully saturated rings. The lowest BCUT2D eigenvalue weighted by molar-refractivity contribution is -0.139. The Balaban J connectivity index is 1.29. The van der Waals surface area contributed by atoms with Crippen molar-refractivity contribution in [1.29, 1.82) is 0 Å². The summed E-state index contributed by atoms with van der Waals surface area (Å²) in [7, 11) is 0. The van der Waals surface area contributed by atoms with Gasteiger partial charge in [0, 0.05) is 30.3 Å². The highest BCUT2D eigenvalue weighted by Gasteiger charge is 2.37. The zero-order valence-corrected chi connectivity index (χ0v) is 24.1. The molecule has 3 heterocycles. The third-order valence-electron chi connectivity index (χ3n) is 8.52. The lowest BCUT2D eigenvalue weighted by atomic mass is 9.91. The number of aromatic carboxylic acids is 1. The number of carbonyl (C=O) groups is 1. The smallest absolute Gasteiger partial charge is 0.419 e. The van der Waals surface area contributed by atoms with Crippen LogP contribution in [0, 0.1) is 5.82 Å². The second kappa shape index (κ2) is 12.0. The minimum absolute atomic E-state index is 0.0361. The number of carboxylic acid groups (broad SMARTS) is 1. The number of imidazole rings is 1. The molecule has 45 heavy (non-hydrogen) atoms. The van der Waals surface area contributed by atoms with Gasteiger partial charge >= 0.3 is 12.1 Å². The van der Waals surface area contributed by atoms with Crippen molar-refractivity contribution in [3.05, 3.63) is 93.6 Å². The summed E-state index contributed by atoms with van der Waals surface area (Å²) >= 11 is 0. The summed E-state index contributed by atoms with van der Waals surface area (Å²) in [6.07, 6.45) is -6.49. The van der Waals surface area contributed by atoms with Crippen LogP contribution >= 0.6 is 0 Å². The summed E-state index contributed by atoms with van der Waals surface area (Å²) in [6, 6.07) is 9.48. The van der Waals surface area contributed by atoms with E-state index in [0.717, 1.165) is 24.6 Å². The van der Waals surface area contributed by atoms with Gasteiger partial charge in [0.05, 0.1) is 41.4 Å². The number of aromatic nitrogens is 2. The van der Waals surface area contributed by atoms with Gasteiger partial charge in [-0.2, -0.15) is 13.2 Å². The molecule has 4 aromatic rings. The summed E-state index contributed by atoms with van der Waals surface area (Å²) in [6.45, 7) is 3.18. The van der Waals surface area contributed by atoms with E-state index in [1.54, 1.807) is 12.1 Å². The van der Waals surface area contributed by atoms with E-state index >= 15 is 0 Å². The van der Waals surface area contributed by atoms with E-state index in [2.05, 4.69) is 4.90 Å². The van der Waals surface area contributed by atoms with Crippen LogP contribution in [-0.4, -0.2) is 44.8 Å². The van der Waals surface area contributed by atoms with Crippen LogP contribution in [0.3, 0.4) is 0 Å². The number of alkyl halides is 5. The Morgan fingerprint density at radius 1 is 1.16 bits per heavy atom. The van der Waals surface area contributed by atoms with Crippen LogP contribution < -0.4 is 4.74 Å². The van der Waals surface area contributed by atoms with E-state index in [1.807, 2.05) is 11.5 Å². The van der Waals surface area contributed by atoms with Crippen molar-refractivity contribution in [3.63, 3.8) is 0 Å². The number of fused-ring (bicyclic) bond motifs is 2. The fraction of sp³-hybridized carbons (Fsp3) is 0.375. The lowest BCUT2D eigenvalue weighted by Crippen LogP contribution is -2.36. The van der Waals surface area contributed by atoms with Crippen LogP contribution in [0.5, 0.6) is 5.75 Å². The van der Waals surface area contributed by atoms with Crippen molar-refractivity contribution in [1.82, 2.24) is 14.5 Å². The van der Waals surface area contributed by atoms with Crippen molar-refractivity contribution in [2.24, 2.45) is 0 Å². The average molecular weight is 634 g/mol. The topological polar surface area (TPSA) is 76.8 Å². The molecule has 7 nitrogen and oxygen atoms in total. The third kappa shape index (κ3) is 6.23. The summed E-state index contributed by atoms with van der Waals surface area (Å²) in [5.41, 5.74) is 0.838. The van der Waals surface area contributed by atoms with E-state index in [1.165, 1.54) is 12.1 Å². The number of nitrogens with zero attached hydrogens (tertiary/aromatic N) is 3. The van der Waals surface area contributed by atoms with Gasteiger partial charge in [-0.15, -0.1) is 0 Å². The van der Waals surface area contributed by atoms with Crippen molar-refractivity contribution in [2.75, 3.05) is 13.2 Å². The fourth-order valence-corrected chi connectivity index (χ4v) is 5.87. The molecule has 0 aliphatic carbocycles. The van der Waals surface area contributed by atoms with Gasteiger partial charge in [0.2, 0.25) is 0 Å². The van der Waals surface area contributed by atoms with Crippen molar-refractivity contribution < 1.29 is 45.7 Å². The first-order chi connectivity index (χ1) is 21.4. The maximum atomic E-state index is 14.4. The number of hydrogen-bond donors (Lipinski definition) is 1. The summed E-state index contributed by atoms with van der Waals surface area (Å²) in [5.74, 6) is -1.87. The minimum atomic E-state index is -4.74. The largest absolute Gasteiger partial charge is 0.488 e. The van der Waals surface area contributed by atoms with E-state index < -0.39 is 47.9 Å². The molecule has 0 saturated carbocycles. The van der Waals surface area contributed by atoms with Crippen LogP contribution in [0.4, 0.5) is 26.3 Å². The highest BCUT2D eigenvalue weighted by atomic mass is 19.4. The van der Waals surface area contributed by atoms with Gasteiger partial charge in [0.15, 0.2) is 0 Å². The number of halogens is 6. The molecule has 2 aliphatic heterocycles. The molecule has 0 amide bonds. The molecule has 2 atom stereocenters. The molecule has 1 saturated heterocycles. The Morgan fingerprint density at radius 2 is 1.93 bits per heavy atom. The molecule has 2 aliphatic rings. The number of ether oxygens (including phenoxy) is 2. The molecule has 1 N–H and O–H groups in total. The molecule has 0 spiro atoms. The molecule has 0 radical (unpaired) electrons.